The second-order valence-electron chi connectivity index (χ2n) is 9.23. The molecule has 0 atom stereocenters. The lowest BCUT2D eigenvalue weighted by Gasteiger charge is -2.34. The molecule has 2 amide bonds. The summed E-state index contributed by atoms with van der Waals surface area (Å²) in [5, 5.41) is 2.96. The van der Waals surface area contributed by atoms with Crippen molar-refractivity contribution in [1.82, 2.24) is 4.90 Å². The van der Waals surface area contributed by atoms with Crippen molar-refractivity contribution in [3.05, 3.63) is 23.8 Å². The van der Waals surface area contributed by atoms with Gasteiger partial charge in [-0.2, -0.15) is 0 Å². The number of anilines is 2. The summed E-state index contributed by atoms with van der Waals surface area (Å²) in [6, 6.07) is 5.75. The SMILES string of the molecule is CC1CCN(C(=O)c2cc(NC(=O)C(C)(C)CCl)ccc2N2CCCCC2)CC1. The van der Waals surface area contributed by atoms with Crippen LogP contribution in [-0.2, 0) is 4.79 Å². The number of benzene rings is 1. The summed E-state index contributed by atoms with van der Waals surface area (Å²) in [7, 11) is 0. The minimum Gasteiger partial charge on any atom is -0.371 e. The third kappa shape index (κ3) is 5.25. The Kier molecular flexibility index (Phi) is 7.10. The molecule has 1 N–H and O–H groups in total. The van der Waals surface area contributed by atoms with Crippen LogP contribution in [0.1, 0.15) is 63.2 Å². The fourth-order valence-electron chi connectivity index (χ4n) is 3.94. The zero-order chi connectivity index (χ0) is 21.0. The number of hydrogen-bond acceptors (Lipinski definition) is 3. The first-order valence-electron chi connectivity index (χ1n) is 10.9. The number of nitrogens with one attached hydrogen (secondary N) is 1. The summed E-state index contributed by atoms with van der Waals surface area (Å²) in [6.45, 7) is 9.43. The Morgan fingerprint density at radius 3 is 2.38 bits per heavy atom. The second-order valence-corrected chi connectivity index (χ2v) is 9.49. The van der Waals surface area contributed by atoms with E-state index in [0.717, 1.165) is 57.5 Å². The molecule has 0 spiro atoms. The first kappa shape index (κ1) is 21.9. The third-order valence-electron chi connectivity index (χ3n) is 6.20. The van der Waals surface area contributed by atoms with Crippen molar-refractivity contribution in [2.75, 3.05) is 42.3 Å². The van der Waals surface area contributed by atoms with Crippen LogP contribution in [0.15, 0.2) is 18.2 Å². The van der Waals surface area contributed by atoms with Gasteiger partial charge in [-0.3, -0.25) is 9.59 Å². The number of hydrogen-bond donors (Lipinski definition) is 1. The van der Waals surface area contributed by atoms with Gasteiger partial charge in [0.05, 0.1) is 11.0 Å². The predicted octanol–water partition coefficient (Wildman–Crippen LogP) is 4.75. The quantitative estimate of drug-likeness (QED) is 0.700. The Hall–Kier alpha value is -1.75. The zero-order valence-corrected chi connectivity index (χ0v) is 18.7. The lowest BCUT2D eigenvalue weighted by atomic mass is 9.95. The highest BCUT2D eigenvalue weighted by molar-refractivity contribution is 6.20. The summed E-state index contributed by atoms with van der Waals surface area (Å²) >= 11 is 5.95. The molecule has 3 rings (SSSR count). The standard InChI is InChI=1S/C23H34ClN3O2/c1-17-9-13-27(14-10-17)21(28)19-15-18(25-22(29)23(2,3)16-24)7-8-20(19)26-11-5-4-6-12-26/h7-8,15,17H,4-6,9-14,16H2,1-3H3,(H,25,29). The van der Waals surface area contributed by atoms with Gasteiger partial charge in [-0.05, 0) is 70.1 Å². The monoisotopic (exact) mass is 419 g/mol. The molecule has 6 heteroatoms. The molecule has 160 valence electrons. The Morgan fingerprint density at radius 2 is 1.76 bits per heavy atom. The number of amides is 2. The van der Waals surface area contributed by atoms with Crippen LogP contribution >= 0.6 is 11.6 Å². The van der Waals surface area contributed by atoms with Crippen molar-refractivity contribution in [3.8, 4) is 0 Å². The van der Waals surface area contributed by atoms with Crippen LogP contribution in [-0.4, -0.2) is 48.8 Å². The zero-order valence-electron chi connectivity index (χ0n) is 18.0. The maximum atomic E-state index is 13.4. The van der Waals surface area contributed by atoms with E-state index in [0.29, 0.717) is 17.2 Å². The molecule has 29 heavy (non-hydrogen) atoms. The number of carbonyl (C=O) groups is 2. The van der Waals surface area contributed by atoms with Crippen molar-refractivity contribution in [1.29, 1.82) is 0 Å². The van der Waals surface area contributed by atoms with E-state index in [9.17, 15) is 9.59 Å². The van der Waals surface area contributed by atoms with E-state index in [4.69, 9.17) is 11.6 Å². The van der Waals surface area contributed by atoms with E-state index < -0.39 is 5.41 Å². The summed E-state index contributed by atoms with van der Waals surface area (Å²) < 4.78 is 0. The highest BCUT2D eigenvalue weighted by atomic mass is 35.5. The Morgan fingerprint density at radius 1 is 1.10 bits per heavy atom. The van der Waals surface area contributed by atoms with Gasteiger partial charge < -0.3 is 15.1 Å². The molecule has 0 unspecified atom stereocenters. The lowest BCUT2D eigenvalue weighted by Crippen LogP contribution is -2.39. The van der Waals surface area contributed by atoms with E-state index in [1.807, 2.05) is 36.9 Å². The molecular weight excluding hydrogens is 386 g/mol. The van der Waals surface area contributed by atoms with Gasteiger partial charge >= 0.3 is 0 Å². The van der Waals surface area contributed by atoms with Crippen LogP contribution in [0.25, 0.3) is 0 Å². The summed E-state index contributed by atoms with van der Waals surface area (Å²) in [6.07, 6.45) is 5.64. The van der Waals surface area contributed by atoms with Crippen molar-refractivity contribution >= 4 is 34.8 Å². The molecule has 0 saturated carbocycles. The summed E-state index contributed by atoms with van der Waals surface area (Å²) in [4.78, 5) is 30.3. The minimum atomic E-state index is -0.666. The van der Waals surface area contributed by atoms with Crippen LogP contribution in [0, 0.1) is 11.3 Å². The van der Waals surface area contributed by atoms with Crippen molar-refractivity contribution < 1.29 is 9.59 Å². The minimum absolute atomic E-state index is 0.0742. The van der Waals surface area contributed by atoms with Crippen LogP contribution < -0.4 is 10.2 Å². The number of piperidine rings is 2. The highest BCUT2D eigenvalue weighted by Gasteiger charge is 2.29. The van der Waals surface area contributed by atoms with Crippen LogP contribution in [0.5, 0.6) is 0 Å². The van der Waals surface area contributed by atoms with Crippen LogP contribution in [0.4, 0.5) is 11.4 Å². The maximum absolute atomic E-state index is 13.4. The fourth-order valence-corrected chi connectivity index (χ4v) is 4.06. The fraction of sp³-hybridized carbons (Fsp3) is 0.652. The molecule has 2 aliphatic heterocycles. The van der Waals surface area contributed by atoms with Gasteiger partial charge in [-0.1, -0.05) is 6.92 Å². The van der Waals surface area contributed by atoms with Crippen molar-refractivity contribution in [2.45, 2.75) is 52.9 Å². The van der Waals surface area contributed by atoms with Gasteiger partial charge in [-0.25, -0.2) is 0 Å². The highest BCUT2D eigenvalue weighted by Crippen LogP contribution is 2.30. The molecule has 1 aromatic carbocycles. The number of likely N-dealkylation sites (tertiary alicyclic amines) is 1. The van der Waals surface area contributed by atoms with E-state index in [1.54, 1.807) is 0 Å². The molecule has 2 saturated heterocycles. The molecule has 0 aromatic heterocycles. The van der Waals surface area contributed by atoms with E-state index >= 15 is 0 Å². The molecule has 0 radical (unpaired) electrons. The maximum Gasteiger partial charge on any atom is 0.256 e. The van der Waals surface area contributed by atoms with Crippen LogP contribution in [0.3, 0.4) is 0 Å². The normalized spacial score (nSPS) is 18.6. The van der Waals surface area contributed by atoms with Crippen molar-refractivity contribution in [3.63, 3.8) is 0 Å². The lowest BCUT2D eigenvalue weighted by molar-refractivity contribution is -0.122. The Labute approximate surface area is 179 Å². The number of alkyl halides is 1. The molecule has 0 aliphatic carbocycles. The van der Waals surface area contributed by atoms with Gasteiger partial charge in [0.25, 0.3) is 5.91 Å². The van der Waals surface area contributed by atoms with Gasteiger partial charge in [0.15, 0.2) is 0 Å². The third-order valence-corrected chi connectivity index (χ3v) is 6.87. The van der Waals surface area contributed by atoms with E-state index in [2.05, 4.69) is 17.1 Å². The molecule has 0 bridgehead atoms. The Bertz CT molecular complexity index is 736. The summed E-state index contributed by atoms with van der Waals surface area (Å²) in [5.41, 5.74) is 1.67. The van der Waals surface area contributed by atoms with E-state index in [1.165, 1.54) is 6.42 Å². The smallest absolute Gasteiger partial charge is 0.256 e. The first-order valence-corrected chi connectivity index (χ1v) is 11.4. The molecule has 5 nitrogen and oxygen atoms in total. The molecule has 2 heterocycles. The second kappa shape index (κ2) is 9.38. The number of halogens is 1. The largest absolute Gasteiger partial charge is 0.371 e. The number of rotatable bonds is 5. The first-order chi connectivity index (χ1) is 13.8. The average Bonchev–Trinajstić information content (AvgIpc) is 2.74. The molecular formula is C23H34ClN3O2. The topological polar surface area (TPSA) is 52.7 Å². The van der Waals surface area contributed by atoms with Crippen LogP contribution in [0.2, 0.25) is 0 Å². The van der Waals surface area contributed by atoms with Gasteiger partial charge in [-0.15, -0.1) is 11.6 Å². The Balaban J connectivity index is 1.88. The predicted molar refractivity (Wildman–Crippen MR) is 120 cm³/mol. The summed E-state index contributed by atoms with van der Waals surface area (Å²) in [5.74, 6) is 0.847. The van der Waals surface area contributed by atoms with E-state index in [-0.39, 0.29) is 17.7 Å². The molecule has 1 aromatic rings. The average molecular weight is 420 g/mol. The molecule has 2 aliphatic rings. The van der Waals surface area contributed by atoms with Gasteiger partial charge in [0.2, 0.25) is 5.91 Å². The van der Waals surface area contributed by atoms with Gasteiger partial charge in [0.1, 0.15) is 0 Å². The van der Waals surface area contributed by atoms with Crippen molar-refractivity contribution in [2.24, 2.45) is 11.3 Å². The van der Waals surface area contributed by atoms with Gasteiger partial charge in [0, 0.05) is 43.4 Å². The molecule has 2 fully saturated rings. The number of nitrogens with zero attached hydrogens (tertiary/aromatic N) is 2. The number of carbonyl (C=O) groups excluding carboxylic acids is 2.